The molecule has 0 unspecified atom stereocenters. The van der Waals surface area contributed by atoms with Crippen LogP contribution in [0.3, 0.4) is 0 Å². The van der Waals surface area contributed by atoms with Crippen LogP contribution in [0.2, 0.25) is 0 Å². The van der Waals surface area contributed by atoms with Crippen LogP contribution in [0, 0.1) is 0 Å². The highest BCUT2D eigenvalue weighted by molar-refractivity contribution is 6.16. The van der Waals surface area contributed by atoms with Gasteiger partial charge in [-0.05, 0) is 30.7 Å². The van der Waals surface area contributed by atoms with Gasteiger partial charge in [-0.15, -0.1) is 0 Å². The second-order valence-electron chi connectivity index (χ2n) is 4.10. The molecule has 2 rings (SSSR count). The molecule has 1 aromatic carbocycles. The van der Waals surface area contributed by atoms with Gasteiger partial charge in [-0.3, -0.25) is 4.79 Å². The molecule has 0 saturated carbocycles. The summed E-state index contributed by atoms with van der Waals surface area (Å²) in [4.78, 5) is 23.5. The zero-order valence-corrected chi connectivity index (χ0v) is 10.6. The van der Waals surface area contributed by atoms with E-state index in [1.165, 1.54) is 25.3 Å². The number of allylic oxidation sites excluding steroid dienone is 1. The second kappa shape index (κ2) is 4.97. The highest BCUT2D eigenvalue weighted by Crippen LogP contribution is 2.25. The van der Waals surface area contributed by atoms with Crippen molar-refractivity contribution in [2.24, 2.45) is 0 Å². The number of amides is 1. The first-order valence-corrected chi connectivity index (χ1v) is 5.64. The lowest BCUT2D eigenvalue weighted by Gasteiger charge is -2.02. The van der Waals surface area contributed by atoms with Crippen molar-refractivity contribution in [2.45, 2.75) is 6.92 Å². The van der Waals surface area contributed by atoms with Crippen molar-refractivity contribution >= 4 is 18.0 Å². The summed E-state index contributed by atoms with van der Waals surface area (Å²) in [6.07, 6.45) is 1.54. The average Bonchev–Trinajstić information content (AvgIpc) is 2.63. The van der Waals surface area contributed by atoms with Crippen molar-refractivity contribution in [3.63, 3.8) is 0 Å². The molecule has 0 atom stereocenters. The van der Waals surface area contributed by atoms with Crippen LogP contribution in [0.1, 0.15) is 12.5 Å². The molecule has 2 N–H and O–H groups in total. The van der Waals surface area contributed by atoms with Gasteiger partial charge in [0.25, 0.3) is 5.91 Å². The SMILES string of the molecule is COC(=O)C1=C(C)NC(=O)C1=Cc1cccc(O)c1. The Kier molecular flexibility index (Phi) is 3.37. The number of rotatable bonds is 2. The van der Waals surface area contributed by atoms with Crippen LogP contribution >= 0.6 is 0 Å². The van der Waals surface area contributed by atoms with E-state index < -0.39 is 5.97 Å². The van der Waals surface area contributed by atoms with E-state index in [1.54, 1.807) is 19.1 Å². The molecule has 0 bridgehead atoms. The van der Waals surface area contributed by atoms with E-state index in [0.717, 1.165) is 0 Å². The summed E-state index contributed by atoms with van der Waals surface area (Å²) in [7, 11) is 1.26. The maximum absolute atomic E-state index is 11.8. The molecule has 1 aliphatic heterocycles. The predicted molar refractivity (Wildman–Crippen MR) is 68.9 cm³/mol. The first kappa shape index (κ1) is 12.9. The summed E-state index contributed by atoms with van der Waals surface area (Å²) in [5.41, 5.74) is 1.54. The number of carbonyl (C=O) groups is 2. The van der Waals surface area contributed by atoms with Gasteiger partial charge in [0.2, 0.25) is 0 Å². The van der Waals surface area contributed by atoms with Crippen LogP contribution in [0.15, 0.2) is 41.1 Å². The second-order valence-corrected chi connectivity index (χ2v) is 4.10. The first-order valence-electron chi connectivity index (χ1n) is 5.64. The van der Waals surface area contributed by atoms with Crippen molar-refractivity contribution in [1.29, 1.82) is 0 Å². The fourth-order valence-corrected chi connectivity index (χ4v) is 1.90. The van der Waals surface area contributed by atoms with Crippen LogP contribution in [-0.4, -0.2) is 24.1 Å². The summed E-state index contributed by atoms with van der Waals surface area (Å²) in [5.74, 6) is -0.837. The molecule has 1 aliphatic rings. The Labute approximate surface area is 110 Å². The number of carbonyl (C=O) groups excluding carboxylic acids is 2. The largest absolute Gasteiger partial charge is 0.508 e. The van der Waals surface area contributed by atoms with Crippen LogP contribution in [0.5, 0.6) is 5.75 Å². The zero-order chi connectivity index (χ0) is 14.0. The molecule has 19 heavy (non-hydrogen) atoms. The molecule has 1 heterocycles. The van der Waals surface area contributed by atoms with Gasteiger partial charge in [0.05, 0.1) is 18.3 Å². The third-order valence-electron chi connectivity index (χ3n) is 2.76. The molecular weight excluding hydrogens is 246 g/mol. The van der Waals surface area contributed by atoms with Crippen molar-refractivity contribution in [2.75, 3.05) is 7.11 Å². The monoisotopic (exact) mass is 259 g/mol. The van der Waals surface area contributed by atoms with Gasteiger partial charge in [-0.25, -0.2) is 4.79 Å². The molecule has 0 fully saturated rings. The smallest absolute Gasteiger partial charge is 0.340 e. The molecule has 0 radical (unpaired) electrons. The minimum atomic E-state index is -0.567. The number of hydrogen-bond donors (Lipinski definition) is 2. The molecule has 1 amide bonds. The maximum atomic E-state index is 11.8. The van der Waals surface area contributed by atoms with Gasteiger partial charge in [-0.2, -0.15) is 0 Å². The van der Waals surface area contributed by atoms with Gasteiger partial charge in [0.1, 0.15) is 5.75 Å². The third-order valence-corrected chi connectivity index (χ3v) is 2.76. The number of methoxy groups -OCH3 is 1. The van der Waals surface area contributed by atoms with E-state index >= 15 is 0 Å². The Balaban J connectivity index is 2.47. The lowest BCUT2D eigenvalue weighted by molar-refractivity contribution is -0.136. The van der Waals surface area contributed by atoms with Crippen molar-refractivity contribution in [1.82, 2.24) is 5.32 Å². The minimum Gasteiger partial charge on any atom is -0.508 e. The quantitative estimate of drug-likeness (QED) is 0.621. The summed E-state index contributed by atoms with van der Waals surface area (Å²) >= 11 is 0. The average molecular weight is 259 g/mol. The van der Waals surface area contributed by atoms with Crippen molar-refractivity contribution < 1.29 is 19.4 Å². The highest BCUT2D eigenvalue weighted by atomic mass is 16.5. The number of phenolic OH excluding ortho intramolecular Hbond substituents is 1. The number of nitrogens with one attached hydrogen (secondary N) is 1. The molecule has 0 saturated heterocycles. The van der Waals surface area contributed by atoms with Gasteiger partial charge in [0.15, 0.2) is 0 Å². The summed E-state index contributed by atoms with van der Waals surface area (Å²) < 4.78 is 4.67. The van der Waals surface area contributed by atoms with Gasteiger partial charge >= 0.3 is 5.97 Å². The van der Waals surface area contributed by atoms with Gasteiger partial charge in [0, 0.05) is 5.70 Å². The number of phenols is 1. The van der Waals surface area contributed by atoms with Crippen molar-refractivity contribution in [3.05, 3.63) is 46.7 Å². The fraction of sp³-hybridized carbons (Fsp3) is 0.143. The predicted octanol–water partition coefficient (Wildman–Crippen LogP) is 1.35. The lowest BCUT2D eigenvalue weighted by Crippen LogP contribution is -2.15. The Morgan fingerprint density at radius 3 is 2.79 bits per heavy atom. The van der Waals surface area contributed by atoms with Crippen LogP contribution in [0.4, 0.5) is 0 Å². The van der Waals surface area contributed by atoms with Crippen LogP contribution < -0.4 is 5.32 Å². The van der Waals surface area contributed by atoms with Gasteiger partial charge < -0.3 is 15.2 Å². The molecule has 1 aromatic rings. The van der Waals surface area contributed by atoms with E-state index in [9.17, 15) is 14.7 Å². The molecule has 0 aromatic heterocycles. The number of benzene rings is 1. The summed E-state index contributed by atoms with van der Waals surface area (Å²) in [6, 6.07) is 6.41. The third kappa shape index (κ3) is 2.49. The Morgan fingerprint density at radius 1 is 1.42 bits per heavy atom. The Morgan fingerprint density at radius 2 is 2.16 bits per heavy atom. The van der Waals surface area contributed by atoms with E-state index in [4.69, 9.17) is 0 Å². The van der Waals surface area contributed by atoms with E-state index in [1.807, 2.05) is 0 Å². The number of esters is 1. The van der Waals surface area contributed by atoms with Crippen LogP contribution in [-0.2, 0) is 14.3 Å². The minimum absolute atomic E-state index is 0.0908. The molecular formula is C14H13NO4. The molecule has 5 heteroatoms. The number of aromatic hydroxyl groups is 1. The topological polar surface area (TPSA) is 75.6 Å². The number of hydrogen-bond acceptors (Lipinski definition) is 4. The van der Waals surface area contributed by atoms with E-state index in [-0.39, 0.29) is 22.8 Å². The highest BCUT2D eigenvalue weighted by Gasteiger charge is 2.30. The molecule has 5 nitrogen and oxygen atoms in total. The van der Waals surface area contributed by atoms with Crippen molar-refractivity contribution in [3.8, 4) is 5.75 Å². The zero-order valence-electron chi connectivity index (χ0n) is 10.6. The maximum Gasteiger partial charge on any atom is 0.340 e. The number of ether oxygens (including phenoxy) is 1. The Bertz CT molecular complexity index is 614. The summed E-state index contributed by atoms with van der Waals surface area (Å²) in [6.45, 7) is 1.63. The lowest BCUT2D eigenvalue weighted by atomic mass is 10.0. The van der Waals surface area contributed by atoms with E-state index in [2.05, 4.69) is 10.1 Å². The summed E-state index contributed by atoms with van der Waals surface area (Å²) in [5, 5.41) is 12.0. The fourth-order valence-electron chi connectivity index (χ4n) is 1.90. The van der Waals surface area contributed by atoms with E-state index in [0.29, 0.717) is 11.3 Å². The normalized spacial score (nSPS) is 16.7. The van der Waals surface area contributed by atoms with Gasteiger partial charge in [-0.1, -0.05) is 12.1 Å². The molecule has 0 aliphatic carbocycles. The Hall–Kier alpha value is -2.56. The van der Waals surface area contributed by atoms with Crippen LogP contribution in [0.25, 0.3) is 6.08 Å². The standard InChI is InChI=1S/C14H13NO4/c1-8-12(14(18)19-2)11(13(17)15-8)7-9-4-3-5-10(16)6-9/h3-7,16H,1-2H3,(H,15,17). The molecule has 0 spiro atoms. The first-order chi connectivity index (χ1) is 9.02. The molecule has 98 valence electrons.